The van der Waals surface area contributed by atoms with Gasteiger partial charge in [-0.05, 0) is 0 Å². The summed E-state index contributed by atoms with van der Waals surface area (Å²) in [5.41, 5.74) is -0.654. The van der Waals surface area contributed by atoms with Crippen molar-refractivity contribution in [2.24, 2.45) is 0 Å². The van der Waals surface area contributed by atoms with Gasteiger partial charge in [-0.25, -0.2) is 8.78 Å². The molecule has 1 aromatic carbocycles. The maximum Gasteiger partial charge on any atom is 0.257 e. The van der Waals surface area contributed by atoms with Crippen LogP contribution in [0.15, 0.2) is 16.7 Å². The van der Waals surface area contributed by atoms with Gasteiger partial charge in [0.15, 0.2) is 5.82 Å². The predicted octanol–water partition coefficient (Wildman–Crippen LogP) is 2.45. The molecule has 0 bridgehead atoms. The summed E-state index contributed by atoms with van der Waals surface area (Å²) in [6, 6.07) is 1.90. The number of aromatic nitrogens is 2. The van der Waals surface area contributed by atoms with Crippen molar-refractivity contribution in [3.63, 3.8) is 0 Å². The van der Waals surface area contributed by atoms with E-state index in [9.17, 15) is 13.6 Å². The lowest BCUT2D eigenvalue weighted by Crippen LogP contribution is -2.27. The molecule has 0 aliphatic rings. The van der Waals surface area contributed by atoms with Gasteiger partial charge in [0.05, 0.1) is 7.11 Å². The molecule has 124 valence electrons. The van der Waals surface area contributed by atoms with E-state index in [1.165, 1.54) is 7.11 Å². The molecule has 0 saturated carbocycles. The molecule has 1 amide bonds. The Labute approximate surface area is 131 Å². The van der Waals surface area contributed by atoms with Gasteiger partial charge in [0.25, 0.3) is 5.91 Å². The van der Waals surface area contributed by atoms with E-state index in [1.54, 1.807) is 0 Å². The highest BCUT2D eigenvalue weighted by molar-refractivity contribution is 5.94. The van der Waals surface area contributed by atoms with Crippen molar-refractivity contribution in [3.8, 4) is 5.75 Å². The molecular formula is C15H17F2N3O3. The van der Waals surface area contributed by atoms with Crippen molar-refractivity contribution in [1.82, 2.24) is 15.5 Å². The van der Waals surface area contributed by atoms with Gasteiger partial charge in [-0.2, -0.15) is 4.98 Å². The Kier molecular flexibility index (Phi) is 5.25. The summed E-state index contributed by atoms with van der Waals surface area (Å²) in [5.74, 6) is -1.78. The number of carbonyl (C=O) groups excluding carboxylic acids is 1. The summed E-state index contributed by atoms with van der Waals surface area (Å²) >= 11 is 0. The van der Waals surface area contributed by atoms with Crippen LogP contribution in [-0.2, 0) is 6.42 Å². The number of ether oxygens (including phenoxy) is 1. The normalized spacial score (nSPS) is 10.9. The smallest absolute Gasteiger partial charge is 0.257 e. The van der Waals surface area contributed by atoms with Crippen LogP contribution in [0.2, 0.25) is 0 Å². The molecule has 1 heterocycles. The van der Waals surface area contributed by atoms with Crippen LogP contribution in [0.25, 0.3) is 0 Å². The quantitative estimate of drug-likeness (QED) is 0.883. The molecule has 0 aliphatic heterocycles. The second-order valence-corrected chi connectivity index (χ2v) is 5.17. The first-order chi connectivity index (χ1) is 10.9. The summed E-state index contributed by atoms with van der Waals surface area (Å²) in [6.45, 7) is 3.96. The van der Waals surface area contributed by atoms with Gasteiger partial charge in [-0.15, -0.1) is 0 Å². The molecule has 0 aliphatic carbocycles. The lowest BCUT2D eigenvalue weighted by molar-refractivity contribution is 0.0945. The molecule has 0 spiro atoms. The zero-order valence-electron chi connectivity index (χ0n) is 13.0. The minimum atomic E-state index is -0.987. The third-order valence-electron chi connectivity index (χ3n) is 3.10. The maximum atomic E-state index is 13.8. The number of nitrogens with one attached hydrogen (secondary N) is 1. The zero-order chi connectivity index (χ0) is 17.0. The number of methoxy groups -OCH3 is 1. The van der Waals surface area contributed by atoms with Gasteiger partial charge in [-0.3, -0.25) is 4.79 Å². The summed E-state index contributed by atoms with van der Waals surface area (Å²) in [6.07, 6.45) is 0.269. The monoisotopic (exact) mass is 325 g/mol. The standard InChI is InChI=1S/C15H17F2N3O3/c1-8(2)14-19-12(23-20-14)4-5-18-15(21)13-10(16)6-9(22-3)7-11(13)17/h6-8H,4-5H2,1-3H3,(H,18,21). The topological polar surface area (TPSA) is 77.2 Å². The summed E-state index contributed by atoms with van der Waals surface area (Å²) in [4.78, 5) is 16.0. The molecular weight excluding hydrogens is 308 g/mol. The molecule has 2 aromatic rings. The van der Waals surface area contributed by atoms with Gasteiger partial charge in [0, 0.05) is 31.0 Å². The molecule has 8 heteroatoms. The van der Waals surface area contributed by atoms with Crippen LogP contribution in [-0.4, -0.2) is 29.7 Å². The van der Waals surface area contributed by atoms with E-state index in [0.29, 0.717) is 11.7 Å². The van der Waals surface area contributed by atoms with Crippen molar-refractivity contribution in [1.29, 1.82) is 0 Å². The van der Waals surface area contributed by atoms with Crippen LogP contribution in [0, 0.1) is 11.6 Å². The Bertz CT molecular complexity index is 678. The Hall–Kier alpha value is -2.51. The molecule has 2 rings (SSSR count). The average molecular weight is 325 g/mol. The lowest BCUT2D eigenvalue weighted by Gasteiger charge is -2.08. The number of carbonyl (C=O) groups is 1. The fourth-order valence-corrected chi connectivity index (χ4v) is 1.86. The first-order valence-electron chi connectivity index (χ1n) is 7.06. The first kappa shape index (κ1) is 16.9. The third kappa shape index (κ3) is 4.02. The van der Waals surface area contributed by atoms with Gasteiger partial charge < -0.3 is 14.6 Å². The minimum absolute atomic E-state index is 0.00336. The Morgan fingerprint density at radius 2 is 2.00 bits per heavy atom. The highest BCUT2D eigenvalue weighted by Gasteiger charge is 2.19. The van der Waals surface area contributed by atoms with E-state index in [-0.39, 0.29) is 24.6 Å². The van der Waals surface area contributed by atoms with Crippen LogP contribution in [0.4, 0.5) is 8.78 Å². The number of rotatable bonds is 6. The summed E-state index contributed by atoms with van der Waals surface area (Å²) < 4.78 is 37.3. The average Bonchev–Trinajstić information content (AvgIpc) is 2.95. The van der Waals surface area contributed by atoms with E-state index in [2.05, 4.69) is 15.5 Å². The molecule has 0 atom stereocenters. The maximum absolute atomic E-state index is 13.8. The van der Waals surface area contributed by atoms with E-state index >= 15 is 0 Å². The summed E-state index contributed by atoms with van der Waals surface area (Å²) in [7, 11) is 1.28. The van der Waals surface area contributed by atoms with Crippen molar-refractivity contribution in [2.45, 2.75) is 26.2 Å². The third-order valence-corrected chi connectivity index (χ3v) is 3.10. The van der Waals surface area contributed by atoms with E-state index in [4.69, 9.17) is 9.26 Å². The number of amides is 1. The fourth-order valence-electron chi connectivity index (χ4n) is 1.86. The largest absolute Gasteiger partial charge is 0.497 e. The number of hydrogen-bond donors (Lipinski definition) is 1. The minimum Gasteiger partial charge on any atom is -0.497 e. The van der Waals surface area contributed by atoms with Crippen molar-refractivity contribution in [2.75, 3.05) is 13.7 Å². The molecule has 0 fully saturated rings. The van der Waals surface area contributed by atoms with Crippen molar-refractivity contribution in [3.05, 3.63) is 41.0 Å². The van der Waals surface area contributed by atoms with Gasteiger partial charge >= 0.3 is 0 Å². The Morgan fingerprint density at radius 1 is 1.35 bits per heavy atom. The molecule has 0 radical (unpaired) electrons. The summed E-state index contributed by atoms with van der Waals surface area (Å²) in [5, 5.41) is 6.20. The van der Waals surface area contributed by atoms with Crippen LogP contribution in [0.5, 0.6) is 5.75 Å². The van der Waals surface area contributed by atoms with Gasteiger partial charge in [0.1, 0.15) is 22.9 Å². The molecule has 23 heavy (non-hydrogen) atoms. The molecule has 0 saturated heterocycles. The van der Waals surface area contributed by atoms with E-state index in [0.717, 1.165) is 12.1 Å². The number of nitrogens with zero attached hydrogens (tertiary/aromatic N) is 2. The van der Waals surface area contributed by atoms with E-state index < -0.39 is 23.1 Å². The van der Waals surface area contributed by atoms with Gasteiger partial charge in [-0.1, -0.05) is 19.0 Å². The first-order valence-corrected chi connectivity index (χ1v) is 7.06. The lowest BCUT2D eigenvalue weighted by atomic mass is 10.1. The zero-order valence-corrected chi connectivity index (χ0v) is 13.0. The van der Waals surface area contributed by atoms with Crippen LogP contribution in [0.3, 0.4) is 0 Å². The molecule has 1 aromatic heterocycles. The Balaban J connectivity index is 1.97. The molecule has 6 nitrogen and oxygen atoms in total. The second kappa shape index (κ2) is 7.17. The number of hydrogen-bond acceptors (Lipinski definition) is 5. The van der Waals surface area contributed by atoms with Crippen LogP contribution < -0.4 is 10.1 Å². The highest BCUT2D eigenvalue weighted by Crippen LogP contribution is 2.20. The Morgan fingerprint density at radius 3 is 2.52 bits per heavy atom. The molecule has 1 N–H and O–H groups in total. The highest BCUT2D eigenvalue weighted by atomic mass is 19.1. The van der Waals surface area contributed by atoms with Crippen LogP contribution >= 0.6 is 0 Å². The number of benzene rings is 1. The second-order valence-electron chi connectivity index (χ2n) is 5.17. The fraction of sp³-hybridized carbons (Fsp3) is 0.400. The molecule has 0 unspecified atom stereocenters. The van der Waals surface area contributed by atoms with Crippen molar-refractivity contribution >= 4 is 5.91 Å². The van der Waals surface area contributed by atoms with Crippen LogP contribution in [0.1, 0.15) is 41.8 Å². The predicted molar refractivity (Wildman–Crippen MR) is 77.3 cm³/mol. The number of halogens is 2. The SMILES string of the molecule is COc1cc(F)c(C(=O)NCCc2nc(C(C)C)no2)c(F)c1. The van der Waals surface area contributed by atoms with Crippen molar-refractivity contribution < 1.29 is 22.8 Å². The van der Waals surface area contributed by atoms with Gasteiger partial charge in [0.2, 0.25) is 5.89 Å². The van der Waals surface area contributed by atoms with E-state index in [1.807, 2.05) is 13.8 Å².